The van der Waals surface area contributed by atoms with E-state index in [0.717, 1.165) is 0 Å². The van der Waals surface area contributed by atoms with Gasteiger partial charge in [-0.15, -0.1) is 0 Å². The van der Waals surface area contributed by atoms with Gasteiger partial charge in [0.2, 0.25) is 0 Å². The van der Waals surface area contributed by atoms with Crippen LogP contribution in [-0.2, 0) is 4.79 Å². The van der Waals surface area contributed by atoms with Gasteiger partial charge in [-0.1, -0.05) is 5.10 Å². The van der Waals surface area contributed by atoms with Gasteiger partial charge in [0.05, 0.1) is 21.1 Å². The van der Waals surface area contributed by atoms with Crippen molar-refractivity contribution in [3.63, 3.8) is 0 Å². The Morgan fingerprint density at radius 1 is 1.29 bits per heavy atom. The van der Waals surface area contributed by atoms with Crippen molar-refractivity contribution in [1.82, 2.24) is 0 Å². The van der Waals surface area contributed by atoms with Gasteiger partial charge in [0.1, 0.15) is 6.21 Å². The molecule has 0 unspecified atom stereocenters. The van der Waals surface area contributed by atoms with E-state index in [0.29, 0.717) is 16.0 Å². The Labute approximate surface area is 107 Å². The van der Waals surface area contributed by atoms with Crippen LogP contribution in [0.2, 0.25) is 0 Å². The van der Waals surface area contributed by atoms with Crippen molar-refractivity contribution in [2.75, 3.05) is 32.2 Å². The third kappa shape index (κ3) is 6.55. The molecule has 1 aromatic rings. The lowest BCUT2D eigenvalue weighted by Crippen LogP contribution is -3.00. The van der Waals surface area contributed by atoms with Crippen LogP contribution in [0, 0.1) is 0 Å². The lowest BCUT2D eigenvalue weighted by Gasteiger charge is -2.14. The van der Waals surface area contributed by atoms with E-state index in [1.807, 2.05) is 21.1 Å². The summed E-state index contributed by atoms with van der Waals surface area (Å²) in [5.74, 6) is -0.252. The molecule has 0 heterocycles. The summed E-state index contributed by atoms with van der Waals surface area (Å²) in [5, 5.41) is 6.73. The number of nitrogen functional groups attached to an aromatic ring is 1. The van der Waals surface area contributed by atoms with E-state index in [1.54, 1.807) is 24.3 Å². The molecule has 1 rings (SSSR count). The number of hydrogen-bond donors (Lipinski definition) is 2. The highest BCUT2D eigenvalue weighted by Crippen LogP contribution is 2.09. The first-order chi connectivity index (χ1) is 7.37. The van der Waals surface area contributed by atoms with Crippen molar-refractivity contribution in [2.24, 2.45) is 5.10 Å². The van der Waals surface area contributed by atoms with Gasteiger partial charge >= 0.3 is 0 Å². The largest absolute Gasteiger partial charge is 1.00 e. The van der Waals surface area contributed by atoms with E-state index in [9.17, 15) is 4.79 Å². The predicted molar refractivity (Wildman–Crippen MR) is 66.0 cm³/mol. The SMILES string of the molecule is C[N+](C)(C)N=CC(=O)Nc1ccc(N)cc1.[Cl-]. The summed E-state index contributed by atoms with van der Waals surface area (Å²) in [5.41, 5.74) is 6.90. The summed E-state index contributed by atoms with van der Waals surface area (Å²) in [6.45, 7) is 0. The van der Waals surface area contributed by atoms with Crippen LogP contribution in [0.4, 0.5) is 11.4 Å². The molecule has 0 saturated carbocycles. The van der Waals surface area contributed by atoms with Crippen molar-refractivity contribution < 1.29 is 21.8 Å². The van der Waals surface area contributed by atoms with Gasteiger partial charge in [-0.2, -0.15) is 0 Å². The molecule has 1 aromatic carbocycles. The van der Waals surface area contributed by atoms with Crippen LogP contribution in [0.3, 0.4) is 0 Å². The molecule has 0 spiro atoms. The molecule has 5 nitrogen and oxygen atoms in total. The molecule has 0 aromatic heterocycles. The number of nitrogens with one attached hydrogen (secondary N) is 1. The maximum Gasteiger partial charge on any atom is 0.272 e. The van der Waals surface area contributed by atoms with E-state index < -0.39 is 0 Å². The van der Waals surface area contributed by atoms with Crippen LogP contribution in [0.25, 0.3) is 0 Å². The van der Waals surface area contributed by atoms with Gasteiger partial charge in [0, 0.05) is 11.4 Å². The average Bonchev–Trinajstić information content (AvgIpc) is 2.18. The van der Waals surface area contributed by atoms with Gasteiger partial charge in [0.25, 0.3) is 5.91 Å². The van der Waals surface area contributed by atoms with Crippen molar-refractivity contribution in [2.45, 2.75) is 0 Å². The van der Waals surface area contributed by atoms with Crippen molar-refractivity contribution >= 4 is 23.5 Å². The molecule has 94 valence electrons. The average molecular weight is 257 g/mol. The number of benzene rings is 1. The van der Waals surface area contributed by atoms with Gasteiger partial charge < -0.3 is 23.5 Å². The number of anilines is 2. The van der Waals surface area contributed by atoms with Crippen LogP contribution >= 0.6 is 0 Å². The molecular weight excluding hydrogens is 240 g/mol. The van der Waals surface area contributed by atoms with Crippen LogP contribution in [-0.4, -0.2) is 37.9 Å². The van der Waals surface area contributed by atoms with Crippen LogP contribution in [0.1, 0.15) is 0 Å². The van der Waals surface area contributed by atoms with Crippen LogP contribution in [0.5, 0.6) is 0 Å². The molecule has 0 saturated heterocycles. The van der Waals surface area contributed by atoms with E-state index in [4.69, 9.17) is 5.73 Å². The van der Waals surface area contributed by atoms with Gasteiger partial charge in [-0.25, -0.2) is 4.59 Å². The second-order valence-corrected chi connectivity index (χ2v) is 4.30. The highest BCUT2D eigenvalue weighted by atomic mass is 35.5. The third-order valence-corrected chi connectivity index (χ3v) is 1.70. The zero-order valence-corrected chi connectivity index (χ0v) is 10.9. The Bertz CT molecular complexity index is 395. The number of carbonyl (C=O) groups excluding carboxylic acids is 1. The Morgan fingerprint density at radius 2 is 1.82 bits per heavy atom. The number of nitrogens with zero attached hydrogens (tertiary/aromatic N) is 2. The fourth-order valence-electron chi connectivity index (χ4n) is 0.967. The van der Waals surface area contributed by atoms with E-state index in [-0.39, 0.29) is 18.3 Å². The summed E-state index contributed by atoms with van der Waals surface area (Å²) >= 11 is 0. The maximum absolute atomic E-state index is 11.4. The molecule has 0 aliphatic heterocycles. The standard InChI is InChI=1S/C11H16N4O.ClH/c1-15(2,3)13-8-11(16)14-10-6-4-9(12)5-7-10;/h4-8H,1-3H3,(H2-,12,13,14,16);1H. The fraction of sp³-hybridized carbons (Fsp3) is 0.273. The molecule has 6 heteroatoms. The summed E-state index contributed by atoms with van der Waals surface area (Å²) in [7, 11) is 5.60. The first kappa shape index (κ1) is 15.4. The highest BCUT2D eigenvalue weighted by molar-refractivity contribution is 6.31. The van der Waals surface area contributed by atoms with E-state index in [1.165, 1.54) is 6.21 Å². The minimum absolute atomic E-state index is 0. The first-order valence-electron chi connectivity index (χ1n) is 4.90. The van der Waals surface area contributed by atoms with Crippen LogP contribution in [0.15, 0.2) is 29.4 Å². The topological polar surface area (TPSA) is 67.5 Å². The first-order valence-corrected chi connectivity index (χ1v) is 4.90. The highest BCUT2D eigenvalue weighted by Gasteiger charge is 2.04. The maximum atomic E-state index is 11.4. The number of halogens is 1. The summed E-state index contributed by atoms with van der Waals surface area (Å²) < 4.78 is 0.356. The number of amides is 1. The Morgan fingerprint density at radius 3 is 2.29 bits per heavy atom. The quantitative estimate of drug-likeness (QED) is 0.282. The Balaban J connectivity index is 0.00000256. The van der Waals surface area contributed by atoms with Gasteiger partial charge in [0.15, 0.2) is 0 Å². The fourth-order valence-corrected chi connectivity index (χ4v) is 0.967. The van der Waals surface area contributed by atoms with Crippen molar-refractivity contribution in [1.29, 1.82) is 0 Å². The Kier molecular flexibility index (Phi) is 5.64. The molecule has 0 aliphatic rings. The molecule has 0 atom stereocenters. The van der Waals surface area contributed by atoms with Crippen molar-refractivity contribution in [3.05, 3.63) is 24.3 Å². The molecule has 17 heavy (non-hydrogen) atoms. The number of quaternary nitrogens is 1. The molecule has 0 aliphatic carbocycles. The molecule has 0 bridgehead atoms. The number of nitrogens with two attached hydrogens (primary N) is 1. The Hall–Kier alpha value is -1.59. The second-order valence-electron chi connectivity index (χ2n) is 4.30. The lowest BCUT2D eigenvalue weighted by molar-refractivity contribution is -0.876. The molecular formula is C11H17ClN4O. The second kappa shape index (κ2) is 6.22. The zero-order chi connectivity index (χ0) is 12.2. The molecule has 1 amide bonds. The molecule has 0 fully saturated rings. The lowest BCUT2D eigenvalue weighted by atomic mass is 10.3. The minimum Gasteiger partial charge on any atom is -1.00 e. The number of rotatable bonds is 3. The van der Waals surface area contributed by atoms with Crippen LogP contribution < -0.4 is 23.5 Å². The summed E-state index contributed by atoms with van der Waals surface area (Å²) in [6, 6.07) is 6.94. The van der Waals surface area contributed by atoms with Gasteiger partial charge in [-0.3, -0.25) is 4.79 Å². The smallest absolute Gasteiger partial charge is 0.272 e. The predicted octanol–water partition coefficient (Wildman–Crippen LogP) is -2.10. The normalized spacial score (nSPS) is 11.0. The monoisotopic (exact) mass is 256 g/mol. The molecule has 0 radical (unpaired) electrons. The zero-order valence-electron chi connectivity index (χ0n) is 10.1. The van der Waals surface area contributed by atoms with E-state index in [2.05, 4.69) is 10.4 Å². The number of carbonyl (C=O) groups is 1. The summed E-state index contributed by atoms with van der Waals surface area (Å²) in [6.07, 6.45) is 1.27. The van der Waals surface area contributed by atoms with Crippen molar-refractivity contribution in [3.8, 4) is 0 Å². The third-order valence-electron chi connectivity index (χ3n) is 1.70. The molecule has 3 N–H and O–H groups in total. The summed E-state index contributed by atoms with van der Waals surface area (Å²) in [4.78, 5) is 11.4. The van der Waals surface area contributed by atoms with Gasteiger partial charge in [-0.05, 0) is 24.3 Å². The number of hydrogen-bond acceptors (Lipinski definition) is 3. The minimum atomic E-state index is -0.252. The van der Waals surface area contributed by atoms with E-state index >= 15 is 0 Å².